The molecule has 1 aromatic carbocycles. The van der Waals surface area contributed by atoms with E-state index in [1.807, 2.05) is 14.0 Å². The maximum atomic E-state index is 13.9. The van der Waals surface area contributed by atoms with E-state index >= 15 is 0 Å². The van der Waals surface area contributed by atoms with Gasteiger partial charge in [0, 0.05) is 25.2 Å². The summed E-state index contributed by atoms with van der Waals surface area (Å²) in [6.07, 6.45) is -4.56. The zero-order valence-electron chi connectivity index (χ0n) is 17.6. The summed E-state index contributed by atoms with van der Waals surface area (Å²) in [7, 11) is 1.94. The Hall–Kier alpha value is -2.49. The number of aromatic amines is 1. The van der Waals surface area contributed by atoms with Crippen LogP contribution in [0, 0.1) is 18.6 Å². The molecule has 0 radical (unpaired) electrons. The van der Waals surface area contributed by atoms with Crippen molar-refractivity contribution < 1.29 is 26.7 Å². The highest BCUT2D eigenvalue weighted by Gasteiger charge is 2.40. The molecule has 0 saturated carbocycles. The van der Waals surface area contributed by atoms with Crippen LogP contribution in [-0.2, 0) is 12.7 Å². The second-order valence-electron chi connectivity index (χ2n) is 7.90. The van der Waals surface area contributed by atoms with Crippen LogP contribution in [0.5, 0.6) is 0 Å². The molecule has 0 atom stereocenters. The summed E-state index contributed by atoms with van der Waals surface area (Å²) in [5.41, 5.74) is 0.0535. The van der Waals surface area contributed by atoms with E-state index in [9.17, 15) is 26.7 Å². The van der Waals surface area contributed by atoms with Crippen LogP contribution in [0.25, 0.3) is 0 Å². The third kappa shape index (κ3) is 4.73. The van der Waals surface area contributed by atoms with Crippen molar-refractivity contribution in [1.29, 1.82) is 0 Å². The van der Waals surface area contributed by atoms with Crippen molar-refractivity contribution >= 4 is 5.91 Å². The van der Waals surface area contributed by atoms with E-state index < -0.39 is 29.3 Å². The first-order chi connectivity index (χ1) is 14.5. The quantitative estimate of drug-likeness (QED) is 0.692. The zero-order valence-corrected chi connectivity index (χ0v) is 17.6. The Bertz CT molecular complexity index is 948. The number of halogens is 5. The van der Waals surface area contributed by atoms with Gasteiger partial charge in [0.05, 0.1) is 11.3 Å². The number of carbonyl (C=O) groups excluding carboxylic acids is 1. The Balaban J connectivity index is 1.74. The number of hydrogen-bond donors (Lipinski definition) is 1. The van der Waals surface area contributed by atoms with Gasteiger partial charge in [-0.25, -0.2) is 8.78 Å². The fraction of sp³-hybridized carbons (Fsp3) is 0.524. The Morgan fingerprint density at radius 1 is 1.26 bits per heavy atom. The van der Waals surface area contributed by atoms with Gasteiger partial charge in [-0.3, -0.25) is 9.89 Å². The van der Waals surface area contributed by atoms with E-state index in [-0.39, 0.29) is 37.4 Å². The smallest absolute Gasteiger partial charge is 0.337 e. The predicted octanol–water partition coefficient (Wildman–Crippen LogP) is 4.49. The molecule has 2 aromatic rings. The van der Waals surface area contributed by atoms with Crippen molar-refractivity contribution in [3.05, 3.63) is 51.8 Å². The standard InChI is InChI=1S/C21H25F5N4O/c1-4-29(3)11-16-12(2)19(28-27-16)20(31)30-9-7-13(8-10-30)14-5-6-15(22)18(23)17(14)21(24,25)26/h5-6,13H,4,7-11H2,1-3H3,(H,27,28). The largest absolute Gasteiger partial charge is 0.419 e. The van der Waals surface area contributed by atoms with E-state index in [4.69, 9.17) is 0 Å². The summed E-state index contributed by atoms with van der Waals surface area (Å²) in [4.78, 5) is 16.5. The molecule has 5 nitrogen and oxygen atoms in total. The van der Waals surface area contributed by atoms with E-state index in [0.717, 1.165) is 29.9 Å². The number of benzene rings is 1. The molecule has 1 fully saturated rings. The maximum absolute atomic E-state index is 13.9. The predicted molar refractivity (Wildman–Crippen MR) is 105 cm³/mol. The minimum absolute atomic E-state index is 0.205. The lowest BCUT2D eigenvalue weighted by Crippen LogP contribution is -2.38. The number of carbonyl (C=O) groups is 1. The first-order valence-electron chi connectivity index (χ1n) is 10.1. The average molecular weight is 444 g/mol. The van der Waals surface area contributed by atoms with Crippen molar-refractivity contribution in [2.75, 3.05) is 26.7 Å². The second kappa shape index (κ2) is 8.94. The molecule has 0 bridgehead atoms. The van der Waals surface area contributed by atoms with Gasteiger partial charge in [-0.05, 0) is 50.9 Å². The van der Waals surface area contributed by atoms with E-state index in [1.165, 1.54) is 0 Å². The Labute approximate surface area is 177 Å². The van der Waals surface area contributed by atoms with Crippen LogP contribution in [0.1, 0.15) is 58.6 Å². The van der Waals surface area contributed by atoms with E-state index in [0.29, 0.717) is 12.2 Å². The summed E-state index contributed by atoms with van der Waals surface area (Å²) in [6, 6.07) is 1.72. The maximum Gasteiger partial charge on any atom is 0.419 e. The molecule has 0 spiro atoms. The van der Waals surface area contributed by atoms with Crippen molar-refractivity contribution in [2.24, 2.45) is 0 Å². The van der Waals surface area contributed by atoms with Crippen LogP contribution in [0.3, 0.4) is 0 Å². The van der Waals surface area contributed by atoms with Gasteiger partial charge in [0.15, 0.2) is 17.3 Å². The van der Waals surface area contributed by atoms with E-state index in [1.54, 1.807) is 11.8 Å². The van der Waals surface area contributed by atoms with Crippen molar-refractivity contribution in [3.63, 3.8) is 0 Å². The van der Waals surface area contributed by atoms with Crippen molar-refractivity contribution in [3.8, 4) is 0 Å². The number of likely N-dealkylation sites (tertiary alicyclic amines) is 1. The number of H-pyrrole nitrogens is 1. The molecule has 1 saturated heterocycles. The molecule has 1 aliphatic heterocycles. The number of piperidine rings is 1. The third-order valence-corrected chi connectivity index (χ3v) is 5.91. The lowest BCUT2D eigenvalue weighted by molar-refractivity contribution is -0.141. The number of nitrogens with one attached hydrogen (secondary N) is 1. The van der Waals surface area contributed by atoms with Gasteiger partial charge in [0.1, 0.15) is 0 Å². The molecule has 0 aliphatic carbocycles. The van der Waals surface area contributed by atoms with Crippen LogP contribution < -0.4 is 0 Å². The fourth-order valence-corrected chi connectivity index (χ4v) is 3.92. The molecule has 170 valence electrons. The highest BCUT2D eigenvalue weighted by atomic mass is 19.4. The van der Waals surface area contributed by atoms with Crippen molar-refractivity contribution in [2.45, 2.75) is 45.3 Å². The van der Waals surface area contributed by atoms with Gasteiger partial charge in [0.25, 0.3) is 5.91 Å². The number of alkyl halides is 3. The second-order valence-corrected chi connectivity index (χ2v) is 7.90. The first-order valence-corrected chi connectivity index (χ1v) is 10.1. The highest BCUT2D eigenvalue weighted by Crippen LogP contribution is 2.41. The minimum atomic E-state index is -5.00. The summed E-state index contributed by atoms with van der Waals surface area (Å²) >= 11 is 0. The summed E-state index contributed by atoms with van der Waals surface area (Å²) in [5, 5.41) is 7.03. The molecule has 2 heterocycles. The molecular weight excluding hydrogens is 419 g/mol. The molecule has 3 rings (SSSR count). The lowest BCUT2D eigenvalue weighted by Gasteiger charge is -2.33. The number of hydrogen-bond acceptors (Lipinski definition) is 3. The topological polar surface area (TPSA) is 52.2 Å². The van der Waals surface area contributed by atoms with Crippen LogP contribution in [0.4, 0.5) is 22.0 Å². The number of rotatable bonds is 5. The Morgan fingerprint density at radius 2 is 1.90 bits per heavy atom. The molecule has 0 unspecified atom stereocenters. The van der Waals surface area contributed by atoms with Gasteiger partial charge in [-0.2, -0.15) is 18.3 Å². The number of amides is 1. The summed E-state index contributed by atoms with van der Waals surface area (Å²) in [5.74, 6) is -4.31. The van der Waals surface area contributed by atoms with Crippen LogP contribution >= 0.6 is 0 Å². The molecule has 1 aromatic heterocycles. The van der Waals surface area contributed by atoms with Crippen LogP contribution in [0.2, 0.25) is 0 Å². The first kappa shape index (κ1) is 23.2. The van der Waals surface area contributed by atoms with Crippen LogP contribution in [-0.4, -0.2) is 52.6 Å². The lowest BCUT2D eigenvalue weighted by atomic mass is 9.86. The van der Waals surface area contributed by atoms with Crippen LogP contribution in [0.15, 0.2) is 12.1 Å². The molecular formula is C21H25F5N4O. The van der Waals surface area contributed by atoms with Gasteiger partial charge in [-0.15, -0.1) is 0 Å². The molecule has 1 amide bonds. The normalized spacial score (nSPS) is 15.7. The third-order valence-electron chi connectivity index (χ3n) is 5.91. The highest BCUT2D eigenvalue weighted by molar-refractivity contribution is 5.94. The van der Waals surface area contributed by atoms with Gasteiger partial charge in [-0.1, -0.05) is 13.0 Å². The van der Waals surface area contributed by atoms with Gasteiger partial charge in [0.2, 0.25) is 0 Å². The average Bonchev–Trinajstić information content (AvgIpc) is 3.08. The Morgan fingerprint density at radius 3 is 2.48 bits per heavy atom. The molecule has 1 aliphatic rings. The monoisotopic (exact) mass is 444 g/mol. The van der Waals surface area contributed by atoms with E-state index in [2.05, 4.69) is 15.1 Å². The zero-order chi connectivity index (χ0) is 22.9. The SMILES string of the molecule is CCN(C)Cc1[nH]nc(C(=O)N2CCC(c3ccc(F)c(F)c3C(F)(F)F)CC2)c1C. The molecule has 1 N–H and O–H groups in total. The fourth-order valence-electron chi connectivity index (χ4n) is 3.92. The number of aromatic nitrogens is 2. The van der Waals surface area contributed by atoms with Gasteiger partial charge >= 0.3 is 6.18 Å². The minimum Gasteiger partial charge on any atom is -0.337 e. The van der Waals surface area contributed by atoms with Crippen molar-refractivity contribution in [1.82, 2.24) is 20.0 Å². The summed E-state index contributed by atoms with van der Waals surface area (Å²) in [6.45, 7) is 5.67. The Kier molecular flexibility index (Phi) is 6.68. The molecule has 10 heteroatoms. The summed E-state index contributed by atoms with van der Waals surface area (Å²) < 4.78 is 67.4. The van der Waals surface area contributed by atoms with Gasteiger partial charge < -0.3 is 9.80 Å². The number of nitrogens with zero attached hydrogens (tertiary/aromatic N) is 3. The molecule has 31 heavy (non-hydrogen) atoms.